The normalized spacial score (nSPS) is 12.8. The average molecular weight is 179 g/mol. The van der Waals surface area contributed by atoms with Crippen LogP contribution in [-0.2, 0) is 10.0 Å². The van der Waals surface area contributed by atoms with E-state index >= 15 is 0 Å². The average Bonchev–Trinajstić information content (AvgIpc) is 1.84. The maximum atomic E-state index is 10.6. The van der Waals surface area contributed by atoms with Crippen LogP contribution >= 0.6 is 0 Å². The highest BCUT2D eigenvalue weighted by atomic mass is 32.2. The van der Waals surface area contributed by atoms with Crippen molar-refractivity contribution in [2.24, 2.45) is 4.99 Å². The highest BCUT2D eigenvalue weighted by molar-refractivity contribution is 7.89. The van der Waals surface area contributed by atoms with Crippen LogP contribution in [-0.4, -0.2) is 34.2 Å². The summed E-state index contributed by atoms with van der Waals surface area (Å²) >= 11 is 0. The molecule has 0 heterocycles. The maximum absolute atomic E-state index is 10.6. The number of guanidine groups is 1. The Bertz CT molecular complexity index is 232. The molecule has 0 amide bonds. The van der Waals surface area contributed by atoms with Gasteiger partial charge in [-0.05, 0) is 6.92 Å². The molecule has 0 saturated heterocycles. The zero-order valence-corrected chi connectivity index (χ0v) is 7.70. The minimum absolute atomic E-state index is 0.273. The van der Waals surface area contributed by atoms with Gasteiger partial charge in [-0.25, -0.2) is 8.42 Å². The number of nitrogens with one attached hydrogen (secondary N) is 2. The van der Waals surface area contributed by atoms with Gasteiger partial charge in [0.05, 0.1) is 6.26 Å². The summed E-state index contributed by atoms with van der Waals surface area (Å²) in [7, 11) is -1.69. The van der Waals surface area contributed by atoms with Crippen LogP contribution in [0.5, 0.6) is 0 Å². The summed E-state index contributed by atoms with van der Waals surface area (Å²) in [4.78, 5) is 3.68. The minimum Gasteiger partial charge on any atom is -0.356 e. The van der Waals surface area contributed by atoms with E-state index < -0.39 is 10.0 Å². The number of nitrogens with zero attached hydrogens (tertiary/aromatic N) is 1. The molecule has 0 rings (SSSR count). The van der Waals surface area contributed by atoms with Gasteiger partial charge in [0, 0.05) is 13.6 Å². The van der Waals surface area contributed by atoms with Crippen molar-refractivity contribution in [3.05, 3.63) is 0 Å². The van der Waals surface area contributed by atoms with Gasteiger partial charge in [-0.1, -0.05) is 0 Å². The fourth-order valence-corrected chi connectivity index (χ4v) is 1.02. The molecule has 2 N–H and O–H groups in total. The van der Waals surface area contributed by atoms with Gasteiger partial charge >= 0.3 is 0 Å². The molecule has 0 aliphatic rings. The summed E-state index contributed by atoms with van der Waals surface area (Å²) in [6.45, 7) is 2.49. The Morgan fingerprint density at radius 2 is 2.09 bits per heavy atom. The lowest BCUT2D eigenvalue weighted by Crippen LogP contribution is -2.40. The maximum Gasteiger partial charge on any atom is 0.232 e. The van der Waals surface area contributed by atoms with Gasteiger partial charge in [0.2, 0.25) is 16.0 Å². The Balaban J connectivity index is 4.12. The molecule has 0 aromatic carbocycles. The molecule has 0 spiro atoms. The summed E-state index contributed by atoms with van der Waals surface area (Å²) in [6, 6.07) is 0. The van der Waals surface area contributed by atoms with Gasteiger partial charge < -0.3 is 5.32 Å². The van der Waals surface area contributed by atoms with Crippen molar-refractivity contribution in [2.45, 2.75) is 6.92 Å². The molecule has 0 aromatic heterocycles. The minimum atomic E-state index is -3.20. The molecule has 5 nitrogen and oxygen atoms in total. The molecule has 0 bridgehead atoms. The lowest BCUT2D eigenvalue weighted by atomic mass is 10.7. The number of rotatable bonds is 2. The van der Waals surface area contributed by atoms with Gasteiger partial charge in [0.1, 0.15) is 0 Å². The Hall–Kier alpha value is -0.780. The Kier molecular flexibility index (Phi) is 3.88. The topological polar surface area (TPSA) is 70.6 Å². The smallest absolute Gasteiger partial charge is 0.232 e. The van der Waals surface area contributed by atoms with Gasteiger partial charge in [-0.2, -0.15) is 0 Å². The molecular weight excluding hydrogens is 166 g/mol. The first-order chi connectivity index (χ1) is 4.99. The van der Waals surface area contributed by atoms with Crippen LogP contribution in [0.2, 0.25) is 0 Å². The van der Waals surface area contributed by atoms with E-state index in [1.807, 2.05) is 6.92 Å². The van der Waals surface area contributed by atoms with Crippen molar-refractivity contribution in [1.82, 2.24) is 10.0 Å². The number of sulfonamides is 1. The van der Waals surface area contributed by atoms with Crippen LogP contribution in [0, 0.1) is 0 Å². The summed E-state index contributed by atoms with van der Waals surface area (Å²) in [5, 5.41) is 2.75. The molecule has 0 fully saturated rings. The van der Waals surface area contributed by atoms with Gasteiger partial charge in [0.25, 0.3) is 0 Å². The summed E-state index contributed by atoms with van der Waals surface area (Å²) in [5.74, 6) is 0.273. The second-order valence-electron chi connectivity index (χ2n) is 1.98. The monoisotopic (exact) mass is 179 g/mol. The fourth-order valence-electron chi connectivity index (χ4n) is 0.504. The molecule has 6 heteroatoms. The van der Waals surface area contributed by atoms with Crippen molar-refractivity contribution >= 4 is 16.0 Å². The van der Waals surface area contributed by atoms with Gasteiger partial charge in [-0.15, -0.1) is 0 Å². The fraction of sp³-hybridized carbons (Fsp3) is 0.800. The van der Waals surface area contributed by atoms with Crippen molar-refractivity contribution < 1.29 is 8.42 Å². The van der Waals surface area contributed by atoms with E-state index in [2.05, 4.69) is 15.0 Å². The molecule has 0 saturated carbocycles. The third-order valence-electron chi connectivity index (χ3n) is 0.850. The van der Waals surface area contributed by atoms with E-state index in [4.69, 9.17) is 0 Å². The predicted molar refractivity (Wildman–Crippen MR) is 45.0 cm³/mol. The van der Waals surface area contributed by atoms with Crippen LogP contribution < -0.4 is 10.0 Å². The first kappa shape index (κ1) is 10.2. The zero-order valence-electron chi connectivity index (χ0n) is 6.88. The molecule has 0 atom stereocenters. The van der Waals surface area contributed by atoms with Crippen LogP contribution in [0.4, 0.5) is 0 Å². The first-order valence-corrected chi connectivity index (χ1v) is 5.07. The van der Waals surface area contributed by atoms with Gasteiger partial charge in [0.15, 0.2) is 0 Å². The largest absolute Gasteiger partial charge is 0.356 e. The third kappa shape index (κ3) is 5.65. The molecule has 0 aliphatic heterocycles. The molecule has 0 aliphatic carbocycles. The molecule has 11 heavy (non-hydrogen) atoms. The van der Waals surface area contributed by atoms with Gasteiger partial charge in [-0.3, -0.25) is 9.71 Å². The Morgan fingerprint density at radius 1 is 1.55 bits per heavy atom. The van der Waals surface area contributed by atoms with E-state index in [1.54, 1.807) is 0 Å². The van der Waals surface area contributed by atoms with E-state index in [0.717, 1.165) is 6.26 Å². The van der Waals surface area contributed by atoms with E-state index in [0.29, 0.717) is 6.54 Å². The van der Waals surface area contributed by atoms with E-state index in [-0.39, 0.29) is 5.96 Å². The van der Waals surface area contributed by atoms with Crippen molar-refractivity contribution in [2.75, 3.05) is 19.8 Å². The number of aliphatic imine (C=N–C) groups is 1. The van der Waals surface area contributed by atoms with Crippen molar-refractivity contribution in [3.63, 3.8) is 0 Å². The van der Waals surface area contributed by atoms with Crippen molar-refractivity contribution in [1.29, 1.82) is 0 Å². The van der Waals surface area contributed by atoms with Crippen molar-refractivity contribution in [3.8, 4) is 0 Å². The van der Waals surface area contributed by atoms with Crippen LogP contribution in [0.15, 0.2) is 4.99 Å². The molecule has 0 radical (unpaired) electrons. The lowest BCUT2D eigenvalue weighted by Gasteiger charge is -2.06. The quantitative estimate of drug-likeness (QED) is 0.427. The summed E-state index contributed by atoms with van der Waals surface area (Å²) in [5.41, 5.74) is 0. The molecule has 0 unspecified atom stereocenters. The molecule has 0 aromatic rings. The summed E-state index contributed by atoms with van der Waals surface area (Å²) in [6.07, 6.45) is 1.08. The standard InChI is InChI=1S/C5H13N3O2S/c1-4-7-5(6-2)8-11(3,9)10/h4H2,1-3H3,(H2,6,7,8). The molecule has 66 valence electrons. The highest BCUT2D eigenvalue weighted by Gasteiger charge is 2.02. The second-order valence-corrected chi connectivity index (χ2v) is 3.73. The third-order valence-corrected chi connectivity index (χ3v) is 1.41. The lowest BCUT2D eigenvalue weighted by molar-refractivity contribution is 0.597. The highest BCUT2D eigenvalue weighted by Crippen LogP contribution is 1.74. The molecular formula is C5H13N3O2S. The first-order valence-electron chi connectivity index (χ1n) is 3.18. The zero-order chi connectivity index (χ0) is 8.91. The van der Waals surface area contributed by atoms with E-state index in [9.17, 15) is 8.42 Å². The second kappa shape index (κ2) is 4.17. The van der Waals surface area contributed by atoms with E-state index in [1.165, 1.54) is 7.05 Å². The van der Waals surface area contributed by atoms with Crippen LogP contribution in [0.1, 0.15) is 6.92 Å². The predicted octanol–water partition coefficient (Wildman–Crippen LogP) is -0.869. The Labute approximate surface area is 67.0 Å². The summed E-state index contributed by atoms with van der Waals surface area (Å²) < 4.78 is 23.5. The van der Waals surface area contributed by atoms with Crippen LogP contribution in [0.25, 0.3) is 0 Å². The number of hydrogen-bond acceptors (Lipinski definition) is 3. The van der Waals surface area contributed by atoms with Crippen LogP contribution in [0.3, 0.4) is 0 Å². The SMILES string of the molecule is CCNC(=NC)NS(C)(=O)=O. The Morgan fingerprint density at radius 3 is 2.36 bits per heavy atom. The number of hydrogen-bond donors (Lipinski definition) is 2.